The number of aromatic carboxylic acids is 1. The highest BCUT2D eigenvalue weighted by Gasteiger charge is 2.23. The van der Waals surface area contributed by atoms with Crippen molar-refractivity contribution >= 4 is 34.6 Å². The molecule has 2 N–H and O–H groups in total. The molecule has 0 saturated carbocycles. The Balaban J connectivity index is 1.56. The summed E-state index contributed by atoms with van der Waals surface area (Å²) in [6, 6.07) is 0. The van der Waals surface area contributed by atoms with E-state index < -0.39 is 5.97 Å². The summed E-state index contributed by atoms with van der Waals surface area (Å²) < 4.78 is 10.9. The van der Waals surface area contributed by atoms with Gasteiger partial charge in [0, 0.05) is 23.7 Å². The number of thiazole rings is 1. The summed E-state index contributed by atoms with van der Waals surface area (Å²) in [5, 5.41) is 15.5. The van der Waals surface area contributed by atoms with Crippen molar-refractivity contribution in [2.45, 2.75) is 6.42 Å². The molecule has 0 saturated heterocycles. The normalized spacial score (nSPS) is 12.9. The Morgan fingerprint density at radius 1 is 1.27 bits per heavy atom. The molecule has 1 amide bonds. The van der Waals surface area contributed by atoms with E-state index in [1.54, 1.807) is 5.38 Å². The number of thiophene rings is 1. The molecule has 116 valence electrons. The van der Waals surface area contributed by atoms with E-state index in [9.17, 15) is 9.59 Å². The molecule has 2 aromatic heterocycles. The number of hydrogen-bond donors (Lipinski definition) is 2. The number of hydrogen-bond acceptors (Lipinski definition) is 7. The third-order valence-corrected chi connectivity index (χ3v) is 4.75. The lowest BCUT2D eigenvalue weighted by molar-refractivity contribution is 0.0690. The van der Waals surface area contributed by atoms with Crippen molar-refractivity contribution in [1.82, 2.24) is 10.3 Å². The van der Waals surface area contributed by atoms with Crippen molar-refractivity contribution in [3.05, 3.63) is 26.3 Å². The van der Waals surface area contributed by atoms with Crippen molar-refractivity contribution in [3.63, 3.8) is 0 Å². The second-order valence-corrected chi connectivity index (χ2v) is 6.21. The molecule has 0 spiro atoms. The van der Waals surface area contributed by atoms with Crippen LogP contribution in [0.4, 0.5) is 0 Å². The Labute approximate surface area is 133 Å². The number of fused-ring (bicyclic) bond motifs is 1. The minimum atomic E-state index is -1.05. The van der Waals surface area contributed by atoms with E-state index in [1.165, 1.54) is 28.1 Å². The first kappa shape index (κ1) is 14.8. The van der Waals surface area contributed by atoms with Gasteiger partial charge in [0.2, 0.25) is 0 Å². The van der Waals surface area contributed by atoms with Gasteiger partial charge in [0.1, 0.15) is 18.1 Å². The smallest absolute Gasteiger partial charge is 0.355 e. The minimum Gasteiger partial charge on any atom is -0.485 e. The molecule has 9 heteroatoms. The Kier molecular flexibility index (Phi) is 4.25. The minimum absolute atomic E-state index is 0.0317. The van der Waals surface area contributed by atoms with E-state index in [-0.39, 0.29) is 11.6 Å². The first-order valence-corrected chi connectivity index (χ1v) is 8.24. The Bertz CT molecular complexity index is 709. The number of nitrogens with one attached hydrogen (secondary N) is 1. The molecule has 0 aliphatic carbocycles. The summed E-state index contributed by atoms with van der Waals surface area (Å²) in [4.78, 5) is 27.3. The topological polar surface area (TPSA) is 97.8 Å². The first-order chi connectivity index (χ1) is 10.6. The molecule has 0 bridgehead atoms. The van der Waals surface area contributed by atoms with Crippen molar-refractivity contribution in [3.8, 4) is 11.5 Å². The van der Waals surface area contributed by atoms with Crippen LogP contribution in [0.25, 0.3) is 0 Å². The maximum Gasteiger partial charge on any atom is 0.355 e. The van der Waals surface area contributed by atoms with E-state index >= 15 is 0 Å². The Morgan fingerprint density at radius 3 is 2.86 bits per heavy atom. The van der Waals surface area contributed by atoms with Crippen LogP contribution in [0.3, 0.4) is 0 Å². The molecular formula is C13H12N2O5S2. The monoisotopic (exact) mass is 340 g/mol. The van der Waals surface area contributed by atoms with Crippen LogP contribution in [0.2, 0.25) is 0 Å². The molecule has 3 rings (SSSR count). The van der Waals surface area contributed by atoms with Gasteiger partial charge < -0.3 is 19.9 Å². The van der Waals surface area contributed by atoms with Gasteiger partial charge in [-0.05, 0) is 0 Å². The predicted molar refractivity (Wildman–Crippen MR) is 80.4 cm³/mol. The number of rotatable bonds is 5. The van der Waals surface area contributed by atoms with Crippen LogP contribution in [-0.4, -0.2) is 41.7 Å². The van der Waals surface area contributed by atoms with Gasteiger partial charge in [-0.1, -0.05) is 0 Å². The van der Waals surface area contributed by atoms with Crippen LogP contribution in [-0.2, 0) is 6.42 Å². The third-order valence-electron chi connectivity index (χ3n) is 2.90. The molecule has 0 radical (unpaired) electrons. The second kappa shape index (κ2) is 6.32. The quantitative estimate of drug-likeness (QED) is 0.859. The van der Waals surface area contributed by atoms with Gasteiger partial charge >= 0.3 is 5.97 Å². The molecule has 0 aromatic carbocycles. The zero-order chi connectivity index (χ0) is 15.5. The lowest BCUT2D eigenvalue weighted by atomic mass is 10.3. The molecule has 22 heavy (non-hydrogen) atoms. The Morgan fingerprint density at radius 2 is 2.09 bits per heavy atom. The number of carbonyl (C=O) groups excluding carboxylic acids is 1. The van der Waals surface area contributed by atoms with E-state index in [4.69, 9.17) is 14.6 Å². The molecular weight excluding hydrogens is 328 g/mol. The van der Waals surface area contributed by atoms with Crippen LogP contribution >= 0.6 is 22.7 Å². The van der Waals surface area contributed by atoms with Crippen LogP contribution in [0, 0.1) is 0 Å². The van der Waals surface area contributed by atoms with Gasteiger partial charge in [0.25, 0.3) is 5.91 Å². The summed E-state index contributed by atoms with van der Waals surface area (Å²) in [6.07, 6.45) is 0.481. The van der Waals surface area contributed by atoms with Crippen molar-refractivity contribution in [2.75, 3.05) is 19.8 Å². The lowest BCUT2D eigenvalue weighted by Gasteiger charge is -2.15. The van der Waals surface area contributed by atoms with Crippen molar-refractivity contribution in [2.24, 2.45) is 0 Å². The van der Waals surface area contributed by atoms with Gasteiger partial charge in [-0.15, -0.1) is 22.7 Å². The summed E-state index contributed by atoms with van der Waals surface area (Å²) in [6.45, 7) is 1.29. The molecule has 7 nitrogen and oxygen atoms in total. The van der Waals surface area contributed by atoms with Gasteiger partial charge in [-0.2, -0.15) is 0 Å². The molecule has 0 fully saturated rings. The number of carboxylic acids is 1. The fourth-order valence-electron chi connectivity index (χ4n) is 1.91. The predicted octanol–water partition coefficient (Wildman–Crippen LogP) is 1.65. The molecule has 0 unspecified atom stereocenters. The summed E-state index contributed by atoms with van der Waals surface area (Å²) in [7, 11) is 0. The van der Waals surface area contributed by atoms with Gasteiger partial charge in [0.05, 0.1) is 5.01 Å². The highest BCUT2D eigenvalue weighted by Crippen LogP contribution is 2.39. The number of ether oxygens (including phenoxy) is 2. The lowest BCUT2D eigenvalue weighted by Crippen LogP contribution is -2.26. The van der Waals surface area contributed by atoms with Crippen LogP contribution in [0.5, 0.6) is 11.5 Å². The zero-order valence-electron chi connectivity index (χ0n) is 11.3. The van der Waals surface area contributed by atoms with Crippen LogP contribution < -0.4 is 14.8 Å². The van der Waals surface area contributed by atoms with Crippen molar-refractivity contribution < 1.29 is 24.2 Å². The maximum atomic E-state index is 12.1. The third kappa shape index (κ3) is 3.04. The van der Waals surface area contributed by atoms with Crippen LogP contribution in [0.15, 0.2) is 10.8 Å². The molecule has 1 aliphatic heterocycles. The molecule has 1 aliphatic rings. The number of amides is 1. The molecule has 3 heterocycles. The maximum absolute atomic E-state index is 12.1. The van der Waals surface area contributed by atoms with E-state index in [1.807, 2.05) is 0 Å². The average Bonchev–Trinajstić information content (AvgIpc) is 3.13. The van der Waals surface area contributed by atoms with E-state index in [0.29, 0.717) is 47.6 Å². The fourth-order valence-corrected chi connectivity index (χ4v) is 3.52. The highest BCUT2D eigenvalue weighted by molar-refractivity contribution is 7.12. The standard InChI is InChI=1S/C13H12N2O5S2/c16-12(11-10-8(6-22-11)19-3-4-20-10)14-2-1-9-15-7(5-21-9)13(17)18/h5-6H,1-4H2,(H,14,16)(H,17,18). The summed E-state index contributed by atoms with van der Waals surface area (Å²) in [5.74, 6) is -0.177. The van der Waals surface area contributed by atoms with Gasteiger partial charge in [-0.3, -0.25) is 4.79 Å². The Hall–Kier alpha value is -2.13. The second-order valence-electron chi connectivity index (χ2n) is 4.39. The van der Waals surface area contributed by atoms with E-state index in [0.717, 1.165) is 0 Å². The van der Waals surface area contributed by atoms with Gasteiger partial charge in [-0.25, -0.2) is 9.78 Å². The molecule has 0 atom stereocenters. The molecule has 2 aromatic rings. The number of carbonyl (C=O) groups is 2. The van der Waals surface area contributed by atoms with Gasteiger partial charge in [0.15, 0.2) is 17.2 Å². The summed E-state index contributed by atoms with van der Waals surface area (Å²) in [5.41, 5.74) is 0.0317. The number of nitrogens with zero attached hydrogens (tertiary/aromatic N) is 1. The highest BCUT2D eigenvalue weighted by atomic mass is 32.1. The fraction of sp³-hybridized carbons (Fsp3) is 0.308. The number of aromatic nitrogens is 1. The van der Waals surface area contributed by atoms with Crippen molar-refractivity contribution in [1.29, 1.82) is 0 Å². The van der Waals surface area contributed by atoms with E-state index in [2.05, 4.69) is 10.3 Å². The summed E-state index contributed by atoms with van der Waals surface area (Å²) >= 11 is 2.54. The number of carboxylic acid groups (broad SMARTS) is 1. The average molecular weight is 340 g/mol. The SMILES string of the molecule is O=C(O)c1csc(CCNC(=O)c2scc3c2OCCO3)n1. The first-order valence-electron chi connectivity index (χ1n) is 6.48. The zero-order valence-corrected chi connectivity index (χ0v) is 13.0. The van der Waals surface area contributed by atoms with Crippen LogP contribution in [0.1, 0.15) is 25.2 Å². The largest absolute Gasteiger partial charge is 0.485 e.